The Morgan fingerprint density at radius 3 is 2.53 bits per heavy atom. The van der Waals surface area contributed by atoms with Crippen LogP contribution in [0.15, 0.2) is 0 Å². The Morgan fingerprint density at radius 1 is 1.06 bits per heavy atom. The minimum atomic E-state index is 0.554. The fourth-order valence-corrected chi connectivity index (χ4v) is 3.39. The van der Waals surface area contributed by atoms with E-state index in [0.29, 0.717) is 11.7 Å². The highest BCUT2D eigenvalue weighted by Gasteiger charge is 2.26. The molecular weight excluding hydrogens is 212 g/mol. The maximum atomic E-state index is 11.1. The average Bonchev–Trinajstić information content (AvgIpc) is 2.83. The van der Waals surface area contributed by atoms with Crippen molar-refractivity contribution in [2.45, 2.75) is 63.8 Å². The molecule has 92 valence electrons. The van der Waals surface area contributed by atoms with Gasteiger partial charge in [-0.15, -0.1) is 0 Å². The van der Waals surface area contributed by atoms with Gasteiger partial charge in [-0.1, -0.05) is 25.7 Å². The first-order chi connectivity index (χ1) is 8.40. The van der Waals surface area contributed by atoms with E-state index in [0.717, 1.165) is 19.1 Å². The molecule has 1 aromatic rings. The van der Waals surface area contributed by atoms with Gasteiger partial charge in [0.1, 0.15) is 5.69 Å². The molecule has 3 rings (SSSR count). The summed E-state index contributed by atoms with van der Waals surface area (Å²) in [6.07, 6.45) is 12.1. The van der Waals surface area contributed by atoms with Gasteiger partial charge in [0.05, 0.1) is 6.04 Å². The zero-order valence-electron chi connectivity index (χ0n) is 10.3. The first kappa shape index (κ1) is 11.0. The second-order valence-corrected chi connectivity index (χ2v) is 5.37. The van der Waals surface area contributed by atoms with Crippen LogP contribution >= 0.6 is 0 Å². The molecule has 0 bridgehead atoms. The Morgan fingerprint density at radius 2 is 1.82 bits per heavy atom. The lowest BCUT2D eigenvalue weighted by molar-refractivity contribution is 0.111. The Balaban J connectivity index is 1.93. The van der Waals surface area contributed by atoms with E-state index >= 15 is 0 Å². The first-order valence-corrected chi connectivity index (χ1v) is 6.95. The largest absolute Gasteiger partial charge is 0.296 e. The monoisotopic (exact) mass is 232 g/mol. The molecule has 0 atom stereocenters. The number of rotatable bonds is 2. The summed E-state index contributed by atoms with van der Waals surface area (Å²) >= 11 is 0. The van der Waals surface area contributed by atoms with E-state index in [1.54, 1.807) is 0 Å². The van der Waals surface area contributed by atoms with E-state index in [9.17, 15) is 4.79 Å². The molecule has 0 saturated heterocycles. The SMILES string of the molecule is O=Cc1nn(C2CCCCCC2)c2c1CCC2. The Hall–Kier alpha value is -1.12. The molecule has 2 aliphatic rings. The number of carbonyl (C=O) groups excluding carboxylic acids is 1. The van der Waals surface area contributed by atoms with Crippen molar-refractivity contribution >= 4 is 6.29 Å². The van der Waals surface area contributed by atoms with Gasteiger partial charge in [0.15, 0.2) is 6.29 Å². The van der Waals surface area contributed by atoms with Crippen LogP contribution in [0, 0.1) is 0 Å². The maximum absolute atomic E-state index is 11.1. The van der Waals surface area contributed by atoms with Crippen LogP contribution in [-0.2, 0) is 12.8 Å². The van der Waals surface area contributed by atoms with Gasteiger partial charge in [0, 0.05) is 11.3 Å². The van der Waals surface area contributed by atoms with E-state index in [2.05, 4.69) is 9.78 Å². The zero-order valence-corrected chi connectivity index (χ0v) is 10.3. The summed E-state index contributed by atoms with van der Waals surface area (Å²) in [7, 11) is 0. The predicted molar refractivity (Wildman–Crippen MR) is 66.4 cm³/mol. The van der Waals surface area contributed by atoms with Crippen LogP contribution in [-0.4, -0.2) is 16.1 Å². The third-order valence-corrected chi connectivity index (χ3v) is 4.27. The van der Waals surface area contributed by atoms with Crippen LogP contribution < -0.4 is 0 Å². The zero-order chi connectivity index (χ0) is 11.7. The van der Waals surface area contributed by atoms with Crippen LogP contribution in [0.5, 0.6) is 0 Å². The molecule has 3 heteroatoms. The number of hydrogen-bond donors (Lipinski definition) is 0. The molecule has 2 aliphatic carbocycles. The van der Waals surface area contributed by atoms with Crippen molar-refractivity contribution in [3.05, 3.63) is 17.0 Å². The number of fused-ring (bicyclic) bond motifs is 1. The van der Waals surface area contributed by atoms with E-state index in [-0.39, 0.29) is 0 Å². The lowest BCUT2D eigenvalue weighted by Gasteiger charge is -2.17. The number of hydrogen-bond acceptors (Lipinski definition) is 2. The topological polar surface area (TPSA) is 34.9 Å². The molecule has 1 saturated carbocycles. The van der Waals surface area contributed by atoms with Gasteiger partial charge in [0.25, 0.3) is 0 Å². The molecule has 17 heavy (non-hydrogen) atoms. The molecule has 0 amide bonds. The summed E-state index contributed by atoms with van der Waals surface area (Å²) in [6.45, 7) is 0. The van der Waals surface area contributed by atoms with Crippen molar-refractivity contribution in [3.63, 3.8) is 0 Å². The summed E-state index contributed by atoms with van der Waals surface area (Å²) < 4.78 is 2.21. The molecule has 1 aromatic heterocycles. The van der Waals surface area contributed by atoms with Crippen molar-refractivity contribution in [2.75, 3.05) is 0 Å². The normalized spacial score (nSPS) is 21.2. The van der Waals surface area contributed by atoms with Crippen LogP contribution in [0.25, 0.3) is 0 Å². The summed E-state index contributed by atoms with van der Waals surface area (Å²) in [4.78, 5) is 11.1. The molecule has 0 aliphatic heterocycles. The molecule has 0 spiro atoms. The van der Waals surface area contributed by atoms with Gasteiger partial charge < -0.3 is 0 Å². The Kier molecular flexibility index (Phi) is 3.00. The van der Waals surface area contributed by atoms with E-state index < -0.39 is 0 Å². The van der Waals surface area contributed by atoms with Gasteiger partial charge in [-0.05, 0) is 32.1 Å². The third kappa shape index (κ3) is 1.92. The smallest absolute Gasteiger partial charge is 0.170 e. The van der Waals surface area contributed by atoms with Crippen molar-refractivity contribution in [2.24, 2.45) is 0 Å². The average molecular weight is 232 g/mol. The molecule has 1 fully saturated rings. The highest BCUT2D eigenvalue weighted by Crippen LogP contribution is 2.32. The molecule has 1 heterocycles. The van der Waals surface area contributed by atoms with Crippen LogP contribution in [0.4, 0.5) is 0 Å². The van der Waals surface area contributed by atoms with Gasteiger partial charge in [-0.25, -0.2) is 0 Å². The van der Waals surface area contributed by atoms with E-state index in [1.807, 2.05) is 0 Å². The third-order valence-electron chi connectivity index (χ3n) is 4.27. The summed E-state index contributed by atoms with van der Waals surface area (Å²) in [5.41, 5.74) is 3.31. The number of aromatic nitrogens is 2. The minimum absolute atomic E-state index is 0.554. The number of aldehydes is 1. The van der Waals surface area contributed by atoms with Gasteiger partial charge in [0.2, 0.25) is 0 Å². The fraction of sp³-hybridized carbons (Fsp3) is 0.714. The minimum Gasteiger partial charge on any atom is -0.296 e. The number of carbonyl (C=O) groups is 1. The van der Waals surface area contributed by atoms with Crippen molar-refractivity contribution < 1.29 is 4.79 Å². The molecule has 0 N–H and O–H groups in total. The standard InChI is InChI=1S/C14H20N2O/c17-10-13-12-8-5-9-14(12)16(15-13)11-6-3-1-2-4-7-11/h10-11H,1-9H2. The molecule has 0 aromatic carbocycles. The van der Waals surface area contributed by atoms with Crippen molar-refractivity contribution in [1.82, 2.24) is 9.78 Å². The predicted octanol–water partition coefficient (Wildman–Crippen LogP) is 3.08. The quantitative estimate of drug-likeness (QED) is 0.580. The highest BCUT2D eigenvalue weighted by molar-refractivity contribution is 5.75. The van der Waals surface area contributed by atoms with E-state index in [4.69, 9.17) is 0 Å². The lowest BCUT2D eigenvalue weighted by Crippen LogP contribution is -2.13. The Labute approximate surface area is 102 Å². The first-order valence-electron chi connectivity index (χ1n) is 6.95. The number of nitrogens with zero attached hydrogens (tertiary/aromatic N) is 2. The van der Waals surface area contributed by atoms with Crippen LogP contribution in [0.1, 0.15) is 72.7 Å². The van der Waals surface area contributed by atoms with Crippen LogP contribution in [0.3, 0.4) is 0 Å². The van der Waals surface area contributed by atoms with Gasteiger partial charge >= 0.3 is 0 Å². The maximum Gasteiger partial charge on any atom is 0.170 e. The molecule has 0 unspecified atom stereocenters. The van der Waals surface area contributed by atoms with Crippen molar-refractivity contribution in [1.29, 1.82) is 0 Å². The fourth-order valence-electron chi connectivity index (χ4n) is 3.39. The van der Waals surface area contributed by atoms with Gasteiger partial charge in [-0.3, -0.25) is 9.48 Å². The lowest BCUT2D eigenvalue weighted by atomic mass is 10.1. The summed E-state index contributed by atoms with van der Waals surface area (Å²) in [5.74, 6) is 0. The summed E-state index contributed by atoms with van der Waals surface area (Å²) in [6, 6.07) is 0.554. The molecule has 3 nitrogen and oxygen atoms in total. The Bertz CT molecular complexity index is 414. The van der Waals surface area contributed by atoms with E-state index in [1.165, 1.54) is 56.2 Å². The molecular formula is C14H20N2O. The second kappa shape index (κ2) is 4.63. The van der Waals surface area contributed by atoms with Crippen molar-refractivity contribution in [3.8, 4) is 0 Å². The second-order valence-electron chi connectivity index (χ2n) is 5.37. The summed E-state index contributed by atoms with van der Waals surface area (Å²) in [5, 5.41) is 4.56. The van der Waals surface area contributed by atoms with Crippen LogP contribution in [0.2, 0.25) is 0 Å². The van der Waals surface area contributed by atoms with Gasteiger partial charge in [-0.2, -0.15) is 5.10 Å². The highest BCUT2D eigenvalue weighted by atomic mass is 16.1. The molecule has 0 radical (unpaired) electrons.